The van der Waals surface area contributed by atoms with Gasteiger partial charge in [-0.1, -0.05) is 18.2 Å². The fraction of sp³-hybridized carbons (Fsp3) is 0.100. The highest BCUT2D eigenvalue weighted by Gasteiger charge is 2.17. The standard InChI is InChI=1S/C20H15F2N7O4/c21-14-5-6-17(29(31)32)18(9-14)33-12-27-8-7-16(25-27)19(30)24-20-23-11-28(26-20)10-13-3-1-2-4-15(13)22/h1-9,11H,10,12H2,(H,24,26,30). The van der Waals surface area contributed by atoms with Gasteiger partial charge < -0.3 is 4.74 Å². The van der Waals surface area contributed by atoms with Gasteiger partial charge in [-0.15, -0.1) is 5.10 Å². The SMILES string of the molecule is O=C(Nc1ncn(Cc2ccccc2F)n1)c1ccn(COc2cc(F)ccc2[N+](=O)[O-])n1. The Hall–Kier alpha value is -4.68. The van der Waals surface area contributed by atoms with Gasteiger partial charge in [0.15, 0.2) is 12.4 Å². The number of nitrogens with one attached hydrogen (secondary N) is 1. The summed E-state index contributed by atoms with van der Waals surface area (Å²) >= 11 is 0. The summed E-state index contributed by atoms with van der Waals surface area (Å²) in [6.07, 6.45) is 2.75. The van der Waals surface area contributed by atoms with Gasteiger partial charge in [0.2, 0.25) is 11.7 Å². The fourth-order valence-corrected chi connectivity index (χ4v) is 2.84. The zero-order valence-corrected chi connectivity index (χ0v) is 16.8. The van der Waals surface area contributed by atoms with Crippen molar-refractivity contribution in [2.45, 2.75) is 13.3 Å². The molecule has 0 aliphatic carbocycles. The molecule has 33 heavy (non-hydrogen) atoms. The molecule has 4 rings (SSSR count). The number of nitro benzene ring substituents is 1. The normalized spacial score (nSPS) is 10.7. The molecule has 0 atom stereocenters. The van der Waals surface area contributed by atoms with Crippen LogP contribution in [0.25, 0.3) is 0 Å². The second-order valence-electron chi connectivity index (χ2n) is 6.69. The van der Waals surface area contributed by atoms with Gasteiger partial charge in [-0.2, -0.15) is 5.10 Å². The number of amides is 1. The van der Waals surface area contributed by atoms with E-state index in [2.05, 4.69) is 20.5 Å². The third-order valence-electron chi connectivity index (χ3n) is 4.40. The number of hydrogen-bond donors (Lipinski definition) is 1. The van der Waals surface area contributed by atoms with Crippen molar-refractivity contribution in [2.75, 3.05) is 5.32 Å². The van der Waals surface area contributed by atoms with E-state index in [9.17, 15) is 23.7 Å². The van der Waals surface area contributed by atoms with Crippen LogP contribution in [0.2, 0.25) is 0 Å². The number of carbonyl (C=O) groups excluding carboxylic acids is 1. The van der Waals surface area contributed by atoms with E-state index in [1.54, 1.807) is 18.2 Å². The molecule has 0 aliphatic heterocycles. The number of nitrogens with zero attached hydrogens (tertiary/aromatic N) is 6. The lowest BCUT2D eigenvalue weighted by molar-refractivity contribution is -0.386. The highest BCUT2D eigenvalue weighted by atomic mass is 19.1. The molecule has 0 bridgehead atoms. The first-order chi connectivity index (χ1) is 15.9. The Morgan fingerprint density at radius 2 is 1.94 bits per heavy atom. The Kier molecular flexibility index (Phi) is 6.02. The Morgan fingerprint density at radius 3 is 2.73 bits per heavy atom. The van der Waals surface area contributed by atoms with Crippen molar-refractivity contribution in [3.05, 3.63) is 94.1 Å². The number of benzene rings is 2. The fourth-order valence-electron chi connectivity index (χ4n) is 2.84. The summed E-state index contributed by atoms with van der Waals surface area (Å²) in [7, 11) is 0. The molecule has 13 heteroatoms. The summed E-state index contributed by atoms with van der Waals surface area (Å²) in [5, 5.41) is 21.6. The molecule has 4 aromatic rings. The van der Waals surface area contributed by atoms with Crippen LogP contribution in [0, 0.1) is 21.7 Å². The van der Waals surface area contributed by atoms with Crippen LogP contribution >= 0.6 is 0 Å². The number of anilines is 1. The molecule has 168 valence electrons. The summed E-state index contributed by atoms with van der Waals surface area (Å²) in [6.45, 7) is -0.166. The summed E-state index contributed by atoms with van der Waals surface area (Å²) in [5.74, 6) is -1.97. The van der Waals surface area contributed by atoms with Crippen LogP contribution in [-0.4, -0.2) is 35.4 Å². The molecule has 0 aliphatic rings. The van der Waals surface area contributed by atoms with Gasteiger partial charge in [-0.3, -0.25) is 20.2 Å². The van der Waals surface area contributed by atoms with Crippen LogP contribution < -0.4 is 10.1 Å². The maximum absolute atomic E-state index is 13.8. The average molecular weight is 455 g/mol. The van der Waals surface area contributed by atoms with Crippen LogP contribution in [0.3, 0.4) is 0 Å². The van der Waals surface area contributed by atoms with E-state index in [4.69, 9.17) is 4.74 Å². The monoisotopic (exact) mass is 455 g/mol. The number of nitro groups is 1. The number of aromatic nitrogens is 5. The van der Waals surface area contributed by atoms with E-state index >= 15 is 0 Å². The summed E-state index contributed by atoms with van der Waals surface area (Å²) in [6, 6.07) is 10.4. The minimum Gasteiger partial charge on any atom is -0.464 e. The van der Waals surface area contributed by atoms with Crippen molar-refractivity contribution in [1.29, 1.82) is 0 Å². The van der Waals surface area contributed by atoms with Gasteiger partial charge in [0.05, 0.1) is 11.5 Å². The van der Waals surface area contributed by atoms with Gasteiger partial charge in [-0.05, 0) is 18.2 Å². The molecule has 2 aromatic carbocycles. The maximum Gasteiger partial charge on any atom is 0.311 e. The van der Waals surface area contributed by atoms with Crippen molar-refractivity contribution in [1.82, 2.24) is 24.5 Å². The third-order valence-corrected chi connectivity index (χ3v) is 4.40. The van der Waals surface area contributed by atoms with Gasteiger partial charge in [-0.25, -0.2) is 23.1 Å². The van der Waals surface area contributed by atoms with E-state index in [0.717, 1.165) is 18.2 Å². The highest BCUT2D eigenvalue weighted by Crippen LogP contribution is 2.27. The van der Waals surface area contributed by atoms with E-state index in [-0.39, 0.29) is 36.5 Å². The molecule has 1 amide bonds. The van der Waals surface area contributed by atoms with Crippen LogP contribution in [0.4, 0.5) is 20.4 Å². The zero-order valence-electron chi connectivity index (χ0n) is 16.8. The van der Waals surface area contributed by atoms with Crippen LogP contribution in [0.15, 0.2) is 61.1 Å². The molecule has 11 nitrogen and oxygen atoms in total. The predicted molar refractivity (Wildman–Crippen MR) is 109 cm³/mol. The molecule has 0 saturated heterocycles. The number of rotatable bonds is 8. The first-order valence-electron chi connectivity index (χ1n) is 9.43. The Balaban J connectivity index is 1.37. The number of halogens is 2. The van der Waals surface area contributed by atoms with Gasteiger partial charge in [0, 0.05) is 23.9 Å². The van der Waals surface area contributed by atoms with E-state index in [1.165, 1.54) is 34.0 Å². The Bertz CT molecular complexity index is 1320. The van der Waals surface area contributed by atoms with Crippen molar-refractivity contribution in [3.63, 3.8) is 0 Å². The molecular weight excluding hydrogens is 440 g/mol. The molecule has 0 saturated carbocycles. The minimum absolute atomic E-state index is 0.00204. The van der Waals surface area contributed by atoms with Crippen molar-refractivity contribution >= 4 is 17.5 Å². The Labute approximate surface area is 184 Å². The van der Waals surface area contributed by atoms with Crippen molar-refractivity contribution in [3.8, 4) is 5.75 Å². The molecule has 2 heterocycles. The molecule has 0 radical (unpaired) electrons. The van der Waals surface area contributed by atoms with Crippen LogP contribution in [0.1, 0.15) is 16.1 Å². The van der Waals surface area contributed by atoms with Crippen molar-refractivity contribution in [2.24, 2.45) is 0 Å². The van der Waals surface area contributed by atoms with Crippen LogP contribution in [-0.2, 0) is 13.3 Å². The molecule has 2 aromatic heterocycles. The quantitative estimate of drug-likeness (QED) is 0.319. The minimum atomic E-state index is -0.699. The van der Waals surface area contributed by atoms with E-state index in [0.29, 0.717) is 5.56 Å². The molecule has 0 spiro atoms. The van der Waals surface area contributed by atoms with E-state index in [1.807, 2.05) is 0 Å². The molecule has 0 unspecified atom stereocenters. The van der Waals surface area contributed by atoms with Gasteiger partial charge in [0.25, 0.3) is 5.91 Å². The second kappa shape index (κ2) is 9.21. The Morgan fingerprint density at radius 1 is 1.12 bits per heavy atom. The maximum atomic E-state index is 13.8. The number of hydrogen-bond acceptors (Lipinski definition) is 7. The topological polar surface area (TPSA) is 130 Å². The van der Waals surface area contributed by atoms with Crippen LogP contribution in [0.5, 0.6) is 5.75 Å². The number of carbonyl (C=O) groups is 1. The smallest absolute Gasteiger partial charge is 0.311 e. The molecule has 1 N–H and O–H groups in total. The molecular formula is C20H15F2N7O4. The van der Waals surface area contributed by atoms with Gasteiger partial charge >= 0.3 is 5.69 Å². The largest absolute Gasteiger partial charge is 0.464 e. The molecule has 0 fully saturated rings. The van der Waals surface area contributed by atoms with E-state index < -0.39 is 22.3 Å². The lowest BCUT2D eigenvalue weighted by Crippen LogP contribution is -2.15. The number of ether oxygens (including phenoxy) is 1. The summed E-state index contributed by atoms with van der Waals surface area (Å²) in [5.41, 5.74) is 0.00826. The average Bonchev–Trinajstić information content (AvgIpc) is 3.43. The first-order valence-corrected chi connectivity index (χ1v) is 9.43. The zero-order chi connectivity index (χ0) is 23.4. The predicted octanol–water partition coefficient (Wildman–Crippen LogP) is 3.00. The summed E-state index contributed by atoms with van der Waals surface area (Å²) in [4.78, 5) is 26.7. The lowest BCUT2D eigenvalue weighted by Gasteiger charge is -2.06. The lowest BCUT2D eigenvalue weighted by atomic mass is 10.2. The summed E-state index contributed by atoms with van der Waals surface area (Å²) < 4.78 is 35.0. The second-order valence-corrected chi connectivity index (χ2v) is 6.69. The first kappa shape index (κ1) is 21.5. The van der Waals surface area contributed by atoms with Gasteiger partial charge in [0.1, 0.15) is 18.0 Å². The van der Waals surface area contributed by atoms with Crippen molar-refractivity contribution < 1.29 is 23.2 Å². The highest BCUT2D eigenvalue weighted by molar-refractivity contribution is 6.01. The third kappa shape index (κ3) is 5.15.